The van der Waals surface area contributed by atoms with Crippen LogP contribution in [0.4, 0.5) is 0 Å². The zero-order valence-electron chi connectivity index (χ0n) is 8.23. The molecule has 1 aromatic heterocycles. The van der Waals surface area contributed by atoms with Gasteiger partial charge >= 0.3 is 5.97 Å². The van der Waals surface area contributed by atoms with Gasteiger partial charge in [-0.05, 0) is 18.2 Å². The van der Waals surface area contributed by atoms with Crippen LogP contribution in [-0.4, -0.2) is 19.0 Å². The molecule has 4 nitrogen and oxygen atoms in total. The van der Waals surface area contributed by atoms with E-state index in [9.17, 15) is 9.59 Å². The van der Waals surface area contributed by atoms with Crippen molar-refractivity contribution in [2.45, 2.75) is 6.42 Å². The Morgan fingerprint density at radius 2 is 2.27 bits per heavy atom. The lowest BCUT2D eigenvalue weighted by atomic mass is 10.3. The van der Waals surface area contributed by atoms with Crippen LogP contribution in [-0.2, 0) is 9.53 Å². The van der Waals surface area contributed by atoms with E-state index in [0.717, 1.165) is 4.88 Å². The van der Waals surface area contributed by atoms with Crippen LogP contribution in [0.5, 0.6) is 0 Å². The van der Waals surface area contributed by atoms with Gasteiger partial charge in [-0.25, -0.2) is 4.79 Å². The summed E-state index contributed by atoms with van der Waals surface area (Å²) in [4.78, 5) is 23.0. The number of hydrogen-bond donors (Lipinski definition) is 1. The summed E-state index contributed by atoms with van der Waals surface area (Å²) in [5.74, 6) is -0.731. The fourth-order valence-corrected chi connectivity index (χ4v) is 1.80. The smallest absolute Gasteiger partial charge is 0.348 e. The summed E-state index contributed by atoms with van der Waals surface area (Å²) in [7, 11) is 1.34. The minimum Gasteiger partial charge on any atom is -0.465 e. The van der Waals surface area contributed by atoms with Gasteiger partial charge in [-0.3, -0.25) is 4.79 Å². The fourth-order valence-electron chi connectivity index (χ4n) is 0.944. The summed E-state index contributed by atoms with van der Waals surface area (Å²) >= 11 is 1.30. The molecule has 0 saturated carbocycles. The number of esters is 1. The molecule has 0 aliphatic carbocycles. The lowest BCUT2D eigenvalue weighted by molar-refractivity contribution is -0.117. The molecule has 0 fully saturated rings. The number of carbonyl (C=O) groups is 2. The summed E-state index contributed by atoms with van der Waals surface area (Å²) in [6.45, 7) is 0. The van der Waals surface area contributed by atoms with Crippen LogP contribution in [0.25, 0.3) is 6.08 Å². The first kappa shape index (κ1) is 11.5. The zero-order chi connectivity index (χ0) is 11.3. The molecule has 1 amide bonds. The van der Waals surface area contributed by atoms with E-state index in [1.807, 2.05) is 0 Å². The van der Waals surface area contributed by atoms with E-state index in [4.69, 9.17) is 5.73 Å². The molecule has 0 unspecified atom stereocenters. The molecule has 1 rings (SSSR count). The molecule has 80 valence electrons. The van der Waals surface area contributed by atoms with Crippen molar-refractivity contribution in [1.29, 1.82) is 0 Å². The van der Waals surface area contributed by atoms with Gasteiger partial charge in [0.1, 0.15) is 4.88 Å². The molecule has 0 aromatic carbocycles. The van der Waals surface area contributed by atoms with Crippen molar-refractivity contribution in [3.63, 3.8) is 0 Å². The lowest BCUT2D eigenvalue weighted by Gasteiger charge is -1.91. The van der Waals surface area contributed by atoms with Gasteiger partial charge in [0.15, 0.2) is 0 Å². The quantitative estimate of drug-likeness (QED) is 0.788. The Balaban J connectivity index is 2.64. The van der Waals surface area contributed by atoms with Crippen molar-refractivity contribution in [2.24, 2.45) is 5.73 Å². The number of amides is 1. The maximum absolute atomic E-state index is 11.1. The largest absolute Gasteiger partial charge is 0.465 e. The molecule has 1 aromatic rings. The second-order valence-electron chi connectivity index (χ2n) is 2.77. The van der Waals surface area contributed by atoms with E-state index in [-0.39, 0.29) is 18.3 Å². The van der Waals surface area contributed by atoms with Gasteiger partial charge in [-0.15, -0.1) is 11.3 Å². The molecule has 0 spiro atoms. The Kier molecular flexibility index (Phi) is 4.05. The molecule has 1 heterocycles. The first-order chi connectivity index (χ1) is 7.13. The molecule has 0 radical (unpaired) electrons. The monoisotopic (exact) mass is 225 g/mol. The molecular formula is C10H11NO3S. The Labute approximate surface area is 91.3 Å². The Morgan fingerprint density at radius 1 is 1.53 bits per heavy atom. The average Bonchev–Trinajstić information content (AvgIpc) is 2.65. The number of ether oxygens (including phenoxy) is 1. The summed E-state index contributed by atoms with van der Waals surface area (Å²) in [6, 6.07) is 3.47. The third-order valence-electron chi connectivity index (χ3n) is 1.61. The highest BCUT2D eigenvalue weighted by atomic mass is 32.1. The second-order valence-corrected chi connectivity index (χ2v) is 3.88. The minimum absolute atomic E-state index is 0.200. The van der Waals surface area contributed by atoms with E-state index in [1.165, 1.54) is 18.4 Å². The highest BCUT2D eigenvalue weighted by Crippen LogP contribution is 2.18. The average molecular weight is 225 g/mol. The van der Waals surface area contributed by atoms with Gasteiger partial charge in [0, 0.05) is 11.3 Å². The van der Waals surface area contributed by atoms with Crippen molar-refractivity contribution in [2.75, 3.05) is 7.11 Å². The van der Waals surface area contributed by atoms with Crippen LogP contribution < -0.4 is 5.73 Å². The maximum atomic E-state index is 11.1. The van der Waals surface area contributed by atoms with Crippen LogP contribution in [0.1, 0.15) is 21.0 Å². The maximum Gasteiger partial charge on any atom is 0.348 e. The number of hydrogen-bond acceptors (Lipinski definition) is 4. The summed E-state index contributed by atoms with van der Waals surface area (Å²) in [5, 5.41) is 0. The normalized spacial score (nSPS) is 10.5. The number of primary amides is 1. The number of methoxy groups -OCH3 is 1. The SMILES string of the molecule is COC(=O)c1ccc(C=CCC(N)=O)s1. The van der Waals surface area contributed by atoms with Gasteiger partial charge in [0.2, 0.25) is 5.91 Å². The van der Waals surface area contributed by atoms with Gasteiger partial charge in [0.25, 0.3) is 0 Å². The van der Waals surface area contributed by atoms with Gasteiger partial charge < -0.3 is 10.5 Å². The van der Waals surface area contributed by atoms with Crippen molar-refractivity contribution >= 4 is 29.3 Å². The topological polar surface area (TPSA) is 69.4 Å². The predicted molar refractivity (Wildman–Crippen MR) is 58.5 cm³/mol. The van der Waals surface area contributed by atoms with Crippen LogP contribution >= 0.6 is 11.3 Å². The van der Waals surface area contributed by atoms with Gasteiger partial charge in [-0.2, -0.15) is 0 Å². The van der Waals surface area contributed by atoms with Crippen molar-refractivity contribution in [1.82, 2.24) is 0 Å². The molecule has 0 aliphatic heterocycles. The van der Waals surface area contributed by atoms with Gasteiger partial charge in [0.05, 0.1) is 7.11 Å². The third kappa shape index (κ3) is 3.55. The highest BCUT2D eigenvalue weighted by molar-refractivity contribution is 7.14. The standard InChI is InChI=1S/C10H11NO3S/c1-14-10(13)8-6-5-7(15-8)3-2-4-9(11)12/h2-3,5-6H,4H2,1H3,(H2,11,12). The predicted octanol–water partition coefficient (Wildman–Crippen LogP) is 1.42. The number of nitrogens with two attached hydrogens (primary N) is 1. The summed E-state index contributed by atoms with van der Waals surface area (Å²) < 4.78 is 4.57. The first-order valence-electron chi connectivity index (χ1n) is 4.26. The number of rotatable bonds is 4. The lowest BCUT2D eigenvalue weighted by Crippen LogP contribution is -2.07. The number of carbonyl (C=O) groups excluding carboxylic acids is 2. The van der Waals surface area contributed by atoms with Crippen LogP contribution in [0, 0.1) is 0 Å². The van der Waals surface area contributed by atoms with Crippen LogP contribution in [0.3, 0.4) is 0 Å². The highest BCUT2D eigenvalue weighted by Gasteiger charge is 2.07. The molecule has 0 bridgehead atoms. The van der Waals surface area contributed by atoms with E-state index in [2.05, 4.69) is 4.74 Å². The van der Waals surface area contributed by atoms with Crippen molar-refractivity contribution in [3.05, 3.63) is 28.0 Å². The molecule has 0 saturated heterocycles. The molecule has 2 N–H and O–H groups in total. The second kappa shape index (κ2) is 5.31. The molecular weight excluding hydrogens is 214 g/mol. The van der Waals surface area contributed by atoms with Gasteiger partial charge in [-0.1, -0.05) is 6.08 Å². The summed E-state index contributed by atoms with van der Waals surface area (Å²) in [6.07, 6.45) is 3.61. The Bertz CT molecular complexity index is 395. The van der Waals surface area contributed by atoms with Crippen molar-refractivity contribution < 1.29 is 14.3 Å². The fraction of sp³-hybridized carbons (Fsp3) is 0.200. The molecule has 15 heavy (non-hydrogen) atoms. The van der Waals surface area contributed by atoms with E-state index < -0.39 is 0 Å². The third-order valence-corrected chi connectivity index (χ3v) is 2.65. The van der Waals surface area contributed by atoms with E-state index in [0.29, 0.717) is 4.88 Å². The Hall–Kier alpha value is -1.62. The minimum atomic E-state index is -0.379. The molecule has 5 heteroatoms. The Morgan fingerprint density at radius 3 is 2.87 bits per heavy atom. The zero-order valence-corrected chi connectivity index (χ0v) is 9.04. The van der Waals surface area contributed by atoms with E-state index in [1.54, 1.807) is 24.3 Å². The molecule has 0 atom stereocenters. The van der Waals surface area contributed by atoms with E-state index >= 15 is 0 Å². The van der Waals surface area contributed by atoms with Crippen molar-refractivity contribution in [3.8, 4) is 0 Å². The van der Waals surface area contributed by atoms with Crippen LogP contribution in [0.2, 0.25) is 0 Å². The van der Waals surface area contributed by atoms with Crippen LogP contribution in [0.15, 0.2) is 18.2 Å². The number of thiophene rings is 1. The first-order valence-corrected chi connectivity index (χ1v) is 5.08. The molecule has 0 aliphatic rings. The summed E-state index contributed by atoms with van der Waals surface area (Å²) in [5.41, 5.74) is 4.97.